The molecular formula is C29H29N5O4. The van der Waals surface area contributed by atoms with Gasteiger partial charge in [-0.05, 0) is 35.4 Å². The lowest BCUT2D eigenvalue weighted by atomic mass is 9.96. The predicted molar refractivity (Wildman–Crippen MR) is 144 cm³/mol. The number of aliphatic hydroxyl groups is 2. The zero-order valence-corrected chi connectivity index (χ0v) is 21.0. The van der Waals surface area contributed by atoms with Gasteiger partial charge in [-0.1, -0.05) is 60.7 Å². The zero-order chi connectivity index (χ0) is 26.3. The van der Waals surface area contributed by atoms with Crippen molar-refractivity contribution in [3.8, 4) is 5.75 Å². The van der Waals surface area contributed by atoms with Gasteiger partial charge in [-0.3, -0.25) is 4.57 Å². The van der Waals surface area contributed by atoms with Gasteiger partial charge in [-0.25, -0.2) is 15.0 Å². The second-order valence-electron chi connectivity index (χ2n) is 8.66. The topological polar surface area (TPSA) is 106 Å². The molecule has 5 rings (SSSR count). The highest BCUT2D eigenvalue weighted by atomic mass is 16.5. The summed E-state index contributed by atoms with van der Waals surface area (Å²) in [4.78, 5) is 16.0. The lowest BCUT2D eigenvalue weighted by Crippen LogP contribution is -2.26. The van der Waals surface area contributed by atoms with Gasteiger partial charge < -0.3 is 24.6 Å². The number of nitrogens with zero attached hydrogens (tertiary/aromatic N) is 5. The largest absolute Gasteiger partial charge is 0.497 e. The average molecular weight is 512 g/mol. The molecule has 0 aliphatic heterocycles. The molecule has 2 aromatic heterocycles. The Bertz CT molecular complexity index is 1400. The number of imidazole rings is 1. The quantitative estimate of drug-likeness (QED) is 0.273. The number of ether oxygens (including phenoxy) is 2. The molecule has 5 aromatic rings. The number of anilines is 2. The molecule has 0 bridgehead atoms. The summed E-state index contributed by atoms with van der Waals surface area (Å²) >= 11 is 0. The first kappa shape index (κ1) is 25.3. The lowest BCUT2D eigenvalue weighted by Gasteiger charge is -2.34. The first-order chi connectivity index (χ1) is 18.7. The molecule has 0 saturated carbocycles. The second-order valence-corrected chi connectivity index (χ2v) is 8.66. The maximum absolute atomic E-state index is 9.37. The van der Waals surface area contributed by atoms with Gasteiger partial charge in [0.25, 0.3) is 0 Å². The number of hydrogen-bond donors (Lipinski definition) is 2. The van der Waals surface area contributed by atoms with Crippen LogP contribution in [0.2, 0.25) is 0 Å². The monoisotopic (exact) mass is 511 g/mol. The summed E-state index contributed by atoms with van der Waals surface area (Å²) in [6, 6.07) is 28.1. The van der Waals surface area contributed by atoms with Gasteiger partial charge in [0, 0.05) is 5.69 Å². The van der Waals surface area contributed by atoms with Crippen molar-refractivity contribution in [2.24, 2.45) is 0 Å². The molecule has 0 radical (unpaired) electrons. The number of methoxy groups -OCH3 is 1. The minimum atomic E-state index is -0.690. The summed E-state index contributed by atoms with van der Waals surface area (Å²) in [5.41, 5.74) is 4.22. The third kappa shape index (κ3) is 5.21. The summed E-state index contributed by atoms with van der Waals surface area (Å²) in [6.07, 6.45) is 2.45. The van der Waals surface area contributed by atoms with Gasteiger partial charge in [0.2, 0.25) is 0 Å². The predicted octanol–water partition coefficient (Wildman–Crippen LogP) is 4.09. The Morgan fingerprint density at radius 1 is 0.816 bits per heavy atom. The van der Waals surface area contributed by atoms with Crippen LogP contribution in [0.15, 0.2) is 97.6 Å². The maximum atomic E-state index is 9.37. The fourth-order valence-corrected chi connectivity index (χ4v) is 4.39. The van der Waals surface area contributed by atoms with E-state index in [0.29, 0.717) is 17.0 Å². The third-order valence-electron chi connectivity index (χ3n) is 6.31. The van der Waals surface area contributed by atoms with Crippen LogP contribution in [0, 0.1) is 0 Å². The number of rotatable bonds is 11. The lowest BCUT2D eigenvalue weighted by molar-refractivity contribution is -0.0488. The molecule has 0 aliphatic carbocycles. The summed E-state index contributed by atoms with van der Waals surface area (Å²) in [6.45, 7) is -0.503. The van der Waals surface area contributed by atoms with Gasteiger partial charge in [-0.15, -0.1) is 0 Å². The Hall–Kier alpha value is -4.31. The van der Waals surface area contributed by atoms with E-state index in [9.17, 15) is 10.2 Å². The molecule has 0 unspecified atom stereocenters. The zero-order valence-electron chi connectivity index (χ0n) is 21.0. The van der Waals surface area contributed by atoms with Gasteiger partial charge in [0.15, 0.2) is 17.0 Å². The molecule has 9 heteroatoms. The van der Waals surface area contributed by atoms with Crippen LogP contribution >= 0.6 is 0 Å². The summed E-state index contributed by atoms with van der Waals surface area (Å²) in [5, 5.41) is 18.7. The number of fused-ring (bicyclic) bond motifs is 1. The Balaban J connectivity index is 1.67. The van der Waals surface area contributed by atoms with Crippen LogP contribution in [0.4, 0.5) is 11.5 Å². The van der Waals surface area contributed by atoms with E-state index in [1.165, 1.54) is 6.33 Å². The standard InChI is InChI=1S/C29H29N5O4/c1-37-24-14-12-23(13-15-24)34(27(21-8-4-2-5-9-21)22-10-6-3-7-11-22)29-26-28(30-18-31-29)33(19-32-26)20-38-25(16-35)17-36/h2-15,18-19,25,27,35-36H,16-17,20H2,1H3. The Morgan fingerprint density at radius 2 is 1.45 bits per heavy atom. The number of aliphatic hydroxyl groups excluding tert-OH is 2. The summed E-state index contributed by atoms with van der Waals surface area (Å²) in [5.74, 6) is 1.37. The summed E-state index contributed by atoms with van der Waals surface area (Å²) in [7, 11) is 1.64. The second kappa shape index (κ2) is 11.8. The van der Waals surface area contributed by atoms with Crippen molar-refractivity contribution in [2.75, 3.05) is 25.2 Å². The van der Waals surface area contributed by atoms with Gasteiger partial charge in [0.1, 0.15) is 24.9 Å². The molecule has 2 heterocycles. The van der Waals surface area contributed by atoms with E-state index in [0.717, 1.165) is 22.6 Å². The smallest absolute Gasteiger partial charge is 0.167 e. The molecule has 194 valence electrons. The third-order valence-corrected chi connectivity index (χ3v) is 6.31. The minimum absolute atomic E-state index is 0.0715. The highest BCUT2D eigenvalue weighted by Gasteiger charge is 2.28. The number of benzene rings is 3. The maximum Gasteiger partial charge on any atom is 0.167 e. The minimum Gasteiger partial charge on any atom is -0.497 e. The number of hydrogen-bond acceptors (Lipinski definition) is 8. The molecule has 2 N–H and O–H groups in total. The normalized spacial score (nSPS) is 11.4. The van der Waals surface area contributed by atoms with Crippen LogP contribution < -0.4 is 9.64 Å². The highest BCUT2D eigenvalue weighted by Crippen LogP contribution is 2.40. The van der Waals surface area contributed by atoms with Crippen molar-refractivity contribution < 1.29 is 19.7 Å². The van der Waals surface area contributed by atoms with E-state index in [-0.39, 0.29) is 26.0 Å². The van der Waals surface area contributed by atoms with E-state index in [2.05, 4.69) is 39.1 Å². The average Bonchev–Trinajstić information content (AvgIpc) is 3.41. The molecule has 3 aromatic carbocycles. The van der Waals surface area contributed by atoms with E-state index in [1.54, 1.807) is 18.0 Å². The Kier molecular flexibility index (Phi) is 7.89. The molecule has 38 heavy (non-hydrogen) atoms. The van der Waals surface area contributed by atoms with Crippen LogP contribution in [0.1, 0.15) is 17.2 Å². The van der Waals surface area contributed by atoms with E-state index in [4.69, 9.17) is 14.5 Å². The highest BCUT2D eigenvalue weighted by molar-refractivity contribution is 5.87. The van der Waals surface area contributed by atoms with Crippen LogP contribution in [-0.4, -0.2) is 56.2 Å². The van der Waals surface area contributed by atoms with Gasteiger partial charge in [0.05, 0.1) is 32.7 Å². The van der Waals surface area contributed by atoms with Crippen LogP contribution in [0.5, 0.6) is 5.75 Å². The van der Waals surface area contributed by atoms with Crippen LogP contribution in [0.25, 0.3) is 11.2 Å². The summed E-state index contributed by atoms with van der Waals surface area (Å²) < 4.78 is 12.8. The molecule has 0 spiro atoms. The van der Waals surface area contributed by atoms with Crippen molar-refractivity contribution in [1.29, 1.82) is 0 Å². The molecule has 0 atom stereocenters. The fourth-order valence-electron chi connectivity index (χ4n) is 4.39. The first-order valence-electron chi connectivity index (χ1n) is 12.3. The van der Waals surface area contributed by atoms with Crippen LogP contribution in [0.3, 0.4) is 0 Å². The van der Waals surface area contributed by atoms with Crippen molar-refractivity contribution in [2.45, 2.75) is 18.9 Å². The molecule has 0 aliphatic rings. The molecule has 0 saturated heterocycles. The van der Waals surface area contributed by atoms with Gasteiger partial charge >= 0.3 is 0 Å². The van der Waals surface area contributed by atoms with E-state index in [1.807, 2.05) is 60.7 Å². The first-order valence-corrected chi connectivity index (χ1v) is 12.3. The van der Waals surface area contributed by atoms with E-state index < -0.39 is 6.10 Å². The molecular weight excluding hydrogens is 482 g/mol. The SMILES string of the molecule is COc1ccc(N(c2ncnc3c2ncn3COC(CO)CO)C(c2ccccc2)c2ccccc2)cc1. The number of aromatic nitrogens is 4. The van der Waals surface area contributed by atoms with E-state index >= 15 is 0 Å². The Labute approximate surface area is 220 Å². The van der Waals surface area contributed by atoms with Crippen molar-refractivity contribution in [3.63, 3.8) is 0 Å². The molecule has 0 amide bonds. The van der Waals surface area contributed by atoms with Crippen molar-refractivity contribution in [1.82, 2.24) is 19.5 Å². The van der Waals surface area contributed by atoms with Gasteiger partial charge in [-0.2, -0.15) is 0 Å². The molecule has 9 nitrogen and oxygen atoms in total. The fraction of sp³-hybridized carbons (Fsp3) is 0.207. The molecule has 0 fully saturated rings. The van der Waals surface area contributed by atoms with Crippen LogP contribution in [-0.2, 0) is 11.5 Å². The van der Waals surface area contributed by atoms with Crippen molar-refractivity contribution in [3.05, 3.63) is 109 Å². The Morgan fingerprint density at radius 3 is 2.03 bits per heavy atom. The van der Waals surface area contributed by atoms with Crippen molar-refractivity contribution >= 4 is 22.7 Å².